The zero-order valence-electron chi connectivity index (χ0n) is 16.1. The van der Waals surface area contributed by atoms with E-state index in [0.29, 0.717) is 12.0 Å². The summed E-state index contributed by atoms with van der Waals surface area (Å²) in [6.07, 6.45) is 1.02. The average Bonchev–Trinajstić information content (AvgIpc) is 3.03. The first-order chi connectivity index (χ1) is 11.9. The molecule has 0 amide bonds. The standard InChI is InChI=1S/C15H22N2O7S2.Na.H/c1-25(20,21)17-9-5-8-12(17)14(18)15(19,26(22,23)24)13(16)10-11-6-3-2-4-7-11;;/h2-4,6-7,12-13,19H,5,8-10,16H2,1H3,(H,22,23,24);;/q;+1;-1/t12-,13?,15?;;/m0../s1. The van der Waals surface area contributed by atoms with Crippen LogP contribution < -0.4 is 35.3 Å². The van der Waals surface area contributed by atoms with E-state index in [1.165, 1.54) is 0 Å². The Labute approximate surface area is 182 Å². The summed E-state index contributed by atoms with van der Waals surface area (Å²) in [5.74, 6) is -1.34. The molecule has 2 unspecified atom stereocenters. The number of hydrogen-bond donors (Lipinski definition) is 3. The van der Waals surface area contributed by atoms with Gasteiger partial charge in [-0.1, -0.05) is 30.3 Å². The van der Waals surface area contributed by atoms with Gasteiger partial charge in [0, 0.05) is 6.54 Å². The van der Waals surface area contributed by atoms with Crippen molar-refractivity contribution in [2.24, 2.45) is 5.73 Å². The second-order valence-corrected chi connectivity index (χ2v) is 9.87. The van der Waals surface area contributed by atoms with Gasteiger partial charge in [-0.3, -0.25) is 9.35 Å². The van der Waals surface area contributed by atoms with Crippen molar-refractivity contribution in [2.75, 3.05) is 12.8 Å². The van der Waals surface area contributed by atoms with Gasteiger partial charge in [0.1, 0.15) is 0 Å². The van der Waals surface area contributed by atoms with Gasteiger partial charge in [0.2, 0.25) is 15.8 Å². The number of aliphatic hydroxyl groups is 1. The van der Waals surface area contributed by atoms with Crippen LogP contribution in [0.25, 0.3) is 0 Å². The van der Waals surface area contributed by atoms with Crippen LogP contribution >= 0.6 is 0 Å². The molecule has 0 aromatic heterocycles. The van der Waals surface area contributed by atoms with Crippen LogP contribution in [0.1, 0.15) is 19.8 Å². The van der Waals surface area contributed by atoms with E-state index in [9.17, 15) is 31.3 Å². The SMILES string of the molecule is CS(=O)(=O)N1CCC[C@H]1C(=O)C(O)(C(N)Cc1ccccc1)S(=O)(=O)O.[H-].[Na+]. The van der Waals surface area contributed by atoms with Gasteiger partial charge < -0.3 is 12.3 Å². The van der Waals surface area contributed by atoms with Crippen LogP contribution in [0.5, 0.6) is 0 Å². The van der Waals surface area contributed by atoms with E-state index in [0.717, 1.165) is 10.6 Å². The molecule has 3 atom stereocenters. The monoisotopic (exact) mass is 430 g/mol. The maximum atomic E-state index is 12.8. The molecule has 0 radical (unpaired) electrons. The Morgan fingerprint density at radius 3 is 2.37 bits per heavy atom. The first-order valence-electron chi connectivity index (χ1n) is 7.89. The number of ketones is 1. The van der Waals surface area contributed by atoms with Crippen molar-refractivity contribution in [2.45, 2.75) is 36.3 Å². The first-order valence-corrected chi connectivity index (χ1v) is 11.2. The van der Waals surface area contributed by atoms with Crippen molar-refractivity contribution in [1.82, 2.24) is 4.31 Å². The molecule has 1 heterocycles. The molecule has 1 fully saturated rings. The first kappa shape index (κ1) is 24.7. The van der Waals surface area contributed by atoms with E-state index in [1.54, 1.807) is 30.3 Å². The molecule has 27 heavy (non-hydrogen) atoms. The molecule has 1 aromatic rings. The molecule has 1 aliphatic rings. The molecule has 1 saturated heterocycles. The van der Waals surface area contributed by atoms with E-state index in [-0.39, 0.29) is 50.4 Å². The predicted molar refractivity (Wildman–Crippen MR) is 95.3 cm³/mol. The average molecular weight is 430 g/mol. The van der Waals surface area contributed by atoms with Crippen LogP contribution in [0.3, 0.4) is 0 Å². The predicted octanol–water partition coefficient (Wildman–Crippen LogP) is -3.76. The number of benzene rings is 1. The summed E-state index contributed by atoms with van der Waals surface area (Å²) in [7, 11) is -9.13. The summed E-state index contributed by atoms with van der Waals surface area (Å²) >= 11 is 0. The van der Waals surface area contributed by atoms with Crippen molar-refractivity contribution in [3.05, 3.63) is 35.9 Å². The molecular weight excluding hydrogens is 407 g/mol. The fourth-order valence-corrected chi connectivity index (χ4v) is 5.13. The number of nitrogens with zero attached hydrogens (tertiary/aromatic N) is 1. The van der Waals surface area contributed by atoms with Crippen LogP contribution in [-0.2, 0) is 31.4 Å². The zero-order chi connectivity index (χ0) is 19.8. The number of sulfonamides is 1. The molecule has 148 valence electrons. The van der Waals surface area contributed by atoms with E-state index < -0.39 is 42.9 Å². The molecule has 0 aliphatic carbocycles. The summed E-state index contributed by atoms with van der Waals surface area (Å²) < 4.78 is 57.8. The molecule has 0 saturated carbocycles. The maximum Gasteiger partial charge on any atom is 1.00 e. The summed E-state index contributed by atoms with van der Waals surface area (Å²) in [4.78, 5) is 9.51. The van der Waals surface area contributed by atoms with Crippen molar-refractivity contribution in [3.8, 4) is 0 Å². The third kappa shape index (κ3) is 5.17. The minimum atomic E-state index is -5.33. The number of Topliss-reactive ketones (excluding diaryl/α,β-unsaturated/α-hetero) is 1. The van der Waals surface area contributed by atoms with Crippen LogP contribution in [0.4, 0.5) is 0 Å². The molecule has 0 bridgehead atoms. The van der Waals surface area contributed by atoms with Crippen molar-refractivity contribution in [1.29, 1.82) is 0 Å². The van der Waals surface area contributed by atoms with Gasteiger partial charge in [-0.05, 0) is 24.8 Å². The third-order valence-electron chi connectivity index (χ3n) is 4.48. The summed E-state index contributed by atoms with van der Waals surface area (Å²) in [6, 6.07) is 5.20. The van der Waals surface area contributed by atoms with Gasteiger partial charge in [0.25, 0.3) is 4.93 Å². The smallest absolute Gasteiger partial charge is 1.00 e. The Morgan fingerprint density at radius 2 is 1.89 bits per heavy atom. The summed E-state index contributed by atoms with van der Waals surface area (Å²) in [5, 5.41) is 10.7. The Bertz CT molecular complexity index is 883. The minimum absolute atomic E-state index is 0. The Hall–Kier alpha value is -0.370. The molecule has 9 nitrogen and oxygen atoms in total. The number of rotatable bonds is 7. The topological polar surface area (TPSA) is 155 Å². The van der Waals surface area contributed by atoms with Crippen molar-refractivity contribution in [3.63, 3.8) is 0 Å². The number of carbonyl (C=O) groups is 1. The fourth-order valence-electron chi connectivity index (χ4n) is 3.15. The number of hydrogen-bond acceptors (Lipinski definition) is 7. The van der Waals surface area contributed by atoms with Gasteiger partial charge in [-0.25, -0.2) is 8.42 Å². The van der Waals surface area contributed by atoms with Crippen LogP contribution in [-0.4, -0.2) is 66.4 Å². The second kappa shape index (κ2) is 8.97. The van der Waals surface area contributed by atoms with Gasteiger partial charge in [-0.2, -0.15) is 12.7 Å². The number of nitrogens with two attached hydrogens (primary N) is 1. The maximum absolute atomic E-state index is 12.8. The molecule has 1 aromatic carbocycles. The van der Waals surface area contributed by atoms with E-state index in [1.807, 2.05) is 0 Å². The van der Waals surface area contributed by atoms with E-state index in [4.69, 9.17) is 5.73 Å². The quantitative estimate of drug-likeness (QED) is 0.294. The zero-order valence-corrected chi connectivity index (χ0v) is 18.8. The molecule has 1 aliphatic heterocycles. The van der Waals surface area contributed by atoms with E-state index >= 15 is 0 Å². The van der Waals surface area contributed by atoms with Crippen LogP contribution in [0.15, 0.2) is 30.3 Å². The Morgan fingerprint density at radius 1 is 1.33 bits per heavy atom. The van der Waals surface area contributed by atoms with Crippen molar-refractivity contribution < 1.29 is 62.3 Å². The van der Waals surface area contributed by atoms with Crippen molar-refractivity contribution >= 4 is 25.9 Å². The molecular formula is C15H23N2NaO7S2. The van der Waals surface area contributed by atoms with Crippen LogP contribution in [0, 0.1) is 0 Å². The van der Waals surface area contributed by atoms with Gasteiger partial charge in [0.15, 0.2) is 0 Å². The molecule has 2 rings (SSSR count). The molecule has 12 heteroatoms. The van der Waals surface area contributed by atoms with Gasteiger partial charge >= 0.3 is 39.7 Å². The van der Waals surface area contributed by atoms with Gasteiger partial charge in [0.05, 0.1) is 18.3 Å². The summed E-state index contributed by atoms with van der Waals surface area (Å²) in [6.45, 7) is 0.0186. The largest absolute Gasteiger partial charge is 1.00 e. The third-order valence-corrected chi connectivity index (χ3v) is 7.06. The van der Waals surface area contributed by atoms with E-state index in [2.05, 4.69) is 0 Å². The number of carbonyl (C=O) groups excluding carboxylic acids is 1. The minimum Gasteiger partial charge on any atom is -1.00 e. The van der Waals surface area contributed by atoms with Crippen LogP contribution in [0.2, 0.25) is 0 Å². The van der Waals surface area contributed by atoms with Gasteiger partial charge in [-0.15, -0.1) is 0 Å². The fraction of sp³-hybridized carbons (Fsp3) is 0.533. The molecule has 4 N–H and O–H groups in total. The molecule has 0 spiro atoms. The summed E-state index contributed by atoms with van der Waals surface area (Å²) in [5.41, 5.74) is 6.36. The normalized spacial score (nSPS) is 21.9. The second-order valence-electron chi connectivity index (χ2n) is 6.36. The Kier molecular flexibility index (Phi) is 8.20. The Balaban J connectivity index is 0.00000364.